The van der Waals surface area contributed by atoms with Gasteiger partial charge in [0.15, 0.2) is 5.78 Å². The van der Waals surface area contributed by atoms with Crippen molar-refractivity contribution in [2.75, 3.05) is 13.2 Å². The minimum atomic E-state index is -2.53. The molecule has 0 bridgehead atoms. The van der Waals surface area contributed by atoms with Crippen molar-refractivity contribution in [2.24, 2.45) is 0 Å². The summed E-state index contributed by atoms with van der Waals surface area (Å²) in [6.45, 7) is 2.84. The minimum Gasteiger partial charge on any atom is -0.367 e. The maximum absolute atomic E-state index is 11.8. The van der Waals surface area contributed by atoms with E-state index in [9.17, 15) is 13.6 Å². The molecule has 0 atom stereocenters. The van der Waals surface area contributed by atoms with Crippen LogP contribution in [0.15, 0.2) is 18.2 Å². The summed E-state index contributed by atoms with van der Waals surface area (Å²) in [7, 11) is 0. The molecule has 1 aromatic rings. The summed E-state index contributed by atoms with van der Waals surface area (Å²) in [4.78, 5) is 11.5. The van der Waals surface area contributed by atoms with Crippen molar-refractivity contribution < 1.29 is 18.3 Å². The molecule has 0 saturated heterocycles. The van der Waals surface area contributed by atoms with Gasteiger partial charge in [0, 0.05) is 5.56 Å². The number of rotatable bonds is 5. The zero-order valence-corrected chi connectivity index (χ0v) is 9.30. The molecule has 0 N–H and O–H groups in total. The van der Waals surface area contributed by atoms with Crippen LogP contribution in [0.3, 0.4) is 0 Å². The predicted octanol–water partition coefficient (Wildman–Crippen LogP) is 2.77. The summed E-state index contributed by atoms with van der Waals surface area (Å²) in [6, 6.07) is 5.25. The Morgan fingerprint density at radius 1 is 1.31 bits per heavy atom. The third-order valence-corrected chi connectivity index (χ3v) is 2.31. The zero-order chi connectivity index (χ0) is 12.1. The van der Waals surface area contributed by atoms with Gasteiger partial charge in [0.25, 0.3) is 6.43 Å². The van der Waals surface area contributed by atoms with E-state index < -0.39 is 13.0 Å². The molecule has 0 heterocycles. The van der Waals surface area contributed by atoms with E-state index in [4.69, 9.17) is 0 Å². The van der Waals surface area contributed by atoms with Gasteiger partial charge >= 0.3 is 0 Å². The number of hydrogen-bond acceptors (Lipinski definition) is 2. The molecule has 2 nitrogen and oxygen atoms in total. The van der Waals surface area contributed by atoms with Crippen molar-refractivity contribution in [1.29, 1.82) is 0 Å². The van der Waals surface area contributed by atoms with Crippen LogP contribution in [0.5, 0.6) is 0 Å². The van der Waals surface area contributed by atoms with E-state index in [-0.39, 0.29) is 12.4 Å². The average Bonchev–Trinajstić information content (AvgIpc) is 2.21. The zero-order valence-electron chi connectivity index (χ0n) is 9.30. The molecule has 0 saturated carbocycles. The minimum absolute atomic E-state index is 0.274. The van der Waals surface area contributed by atoms with Crippen LogP contribution in [0.2, 0.25) is 0 Å². The largest absolute Gasteiger partial charge is 0.367 e. The lowest BCUT2D eigenvalue weighted by Crippen LogP contribution is -2.13. The van der Waals surface area contributed by atoms with Gasteiger partial charge in [-0.25, -0.2) is 8.78 Å². The molecule has 0 aliphatic heterocycles. The molecule has 0 aliphatic carbocycles. The number of ketones is 1. The molecule has 4 heteroatoms. The van der Waals surface area contributed by atoms with Crippen molar-refractivity contribution in [1.82, 2.24) is 0 Å². The van der Waals surface area contributed by atoms with Gasteiger partial charge in [0.05, 0.1) is 0 Å². The van der Waals surface area contributed by atoms with E-state index in [1.807, 2.05) is 19.9 Å². The number of ether oxygens (including phenoxy) is 1. The van der Waals surface area contributed by atoms with Crippen LogP contribution >= 0.6 is 0 Å². The van der Waals surface area contributed by atoms with Crippen LogP contribution in [0.1, 0.15) is 21.5 Å². The number of benzene rings is 1. The van der Waals surface area contributed by atoms with Gasteiger partial charge in [-0.2, -0.15) is 0 Å². The first-order valence-electron chi connectivity index (χ1n) is 4.97. The van der Waals surface area contributed by atoms with Gasteiger partial charge in [-0.05, 0) is 31.0 Å². The molecule has 0 radical (unpaired) electrons. The quantitative estimate of drug-likeness (QED) is 0.724. The van der Waals surface area contributed by atoms with E-state index in [0.717, 1.165) is 11.1 Å². The summed E-state index contributed by atoms with van der Waals surface area (Å²) in [6.07, 6.45) is -2.53. The summed E-state index contributed by atoms with van der Waals surface area (Å²) in [5.41, 5.74) is 2.59. The summed E-state index contributed by atoms with van der Waals surface area (Å²) in [5.74, 6) is -0.274. The Morgan fingerprint density at radius 2 is 2.00 bits per heavy atom. The Hall–Kier alpha value is -1.29. The van der Waals surface area contributed by atoms with Crippen molar-refractivity contribution in [2.45, 2.75) is 20.3 Å². The molecule has 0 aromatic heterocycles. The molecular weight excluding hydrogens is 214 g/mol. The molecule has 1 aromatic carbocycles. The monoisotopic (exact) mass is 228 g/mol. The first-order chi connectivity index (χ1) is 7.50. The van der Waals surface area contributed by atoms with Gasteiger partial charge in [-0.1, -0.05) is 12.1 Å². The van der Waals surface area contributed by atoms with Crippen molar-refractivity contribution in [3.05, 3.63) is 34.9 Å². The van der Waals surface area contributed by atoms with E-state index >= 15 is 0 Å². The van der Waals surface area contributed by atoms with Gasteiger partial charge < -0.3 is 4.74 Å². The normalized spacial score (nSPS) is 10.8. The summed E-state index contributed by atoms with van der Waals surface area (Å²) >= 11 is 0. The SMILES string of the molecule is Cc1ccc(C(=O)COCC(F)F)cc1C. The summed E-state index contributed by atoms with van der Waals surface area (Å²) < 4.78 is 28.1. The molecule has 88 valence electrons. The van der Waals surface area contributed by atoms with Crippen molar-refractivity contribution >= 4 is 5.78 Å². The van der Waals surface area contributed by atoms with E-state index in [1.54, 1.807) is 12.1 Å². The third kappa shape index (κ3) is 3.70. The molecular formula is C12H14F2O2. The van der Waals surface area contributed by atoms with E-state index in [0.29, 0.717) is 5.56 Å². The topological polar surface area (TPSA) is 26.3 Å². The second kappa shape index (κ2) is 5.70. The van der Waals surface area contributed by atoms with Gasteiger partial charge in [-0.3, -0.25) is 4.79 Å². The highest BCUT2D eigenvalue weighted by Crippen LogP contribution is 2.10. The number of halogens is 2. The Kier molecular flexibility index (Phi) is 4.55. The highest BCUT2D eigenvalue weighted by atomic mass is 19.3. The fraction of sp³-hybridized carbons (Fsp3) is 0.417. The van der Waals surface area contributed by atoms with Crippen LogP contribution < -0.4 is 0 Å². The van der Waals surface area contributed by atoms with Crippen LogP contribution in [0.4, 0.5) is 8.78 Å². The molecule has 0 unspecified atom stereocenters. The van der Waals surface area contributed by atoms with Gasteiger partial charge in [0.2, 0.25) is 0 Å². The molecule has 16 heavy (non-hydrogen) atoms. The highest BCUT2D eigenvalue weighted by molar-refractivity contribution is 5.97. The molecule has 0 fully saturated rings. The number of carbonyl (C=O) groups excluding carboxylic acids is 1. The van der Waals surface area contributed by atoms with Crippen molar-refractivity contribution in [3.8, 4) is 0 Å². The standard InChI is InChI=1S/C12H14F2O2/c1-8-3-4-10(5-9(8)2)11(15)6-16-7-12(13)14/h3-5,12H,6-7H2,1-2H3. The van der Waals surface area contributed by atoms with Crippen LogP contribution in [0.25, 0.3) is 0 Å². The van der Waals surface area contributed by atoms with Crippen LogP contribution in [-0.2, 0) is 4.74 Å². The highest BCUT2D eigenvalue weighted by Gasteiger charge is 2.09. The summed E-state index contributed by atoms with van der Waals surface area (Å²) in [5, 5.41) is 0. The maximum Gasteiger partial charge on any atom is 0.261 e. The molecule has 1 rings (SSSR count). The van der Waals surface area contributed by atoms with Gasteiger partial charge in [-0.15, -0.1) is 0 Å². The lowest BCUT2D eigenvalue weighted by Gasteiger charge is -2.05. The second-order valence-corrected chi connectivity index (χ2v) is 3.63. The third-order valence-electron chi connectivity index (χ3n) is 2.31. The number of Topliss-reactive ketones (excluding diaryl/α,β-unsaturated/α-hetero) is 1. The second-order valence-electron chi connectivity index (χ2n) is 3.63. The number of hydrogen-bond donors (Lipinski definition) is 0. The molecule has 0 aliphatic rings. The maximum atomic E-state index is 11.8. The van der Waals surface area contributed by atoms with Gasteiger partial charge in [0.1, 0.15) is 13.2 Å². The van der Waals surface area contributed by atoms with Crippen LogP contribution in [-0.4, -0.2) is 25.4 Å². The average molecular weight is 228 g/mol. The lowest BCUT2D eigenvalue weighted by atomic mass is 10.0. The fourth-order valence-electron chi connectivity index (χ4n) is 1.24. The first-order valence-corrected chi connectivity index (χ1v) is 4.97. The Bertz CT molecular complexity index is 375. The number of aryl methyl sites for hydroxylation is 2. The fourth-order valence-corrected chi connectivity index (χ4v) is 1.24. The van der Waals surface area contributed by atoms with E-state index in [2.05, 4.69) is 4.74 Å². The van der Waals surface area contributed by atoms with Crippen LogP contribution in [0, 0.1) is 13.8 Å². The van der Waals surface area contributed by atoms with E-state index in [1.165, 1.54) is 0 Å². The first kappa shape index (κ1) is 12.8. The molecule has 0 spiro atoms. The smallest absolute Gasteiger partial charge is 0.261 e. The molecule has 0 amide bonds. The predicted molar refractivity (Wildman–Crippen MR) is 57.1 cm³/mol. The lowest BCUT2D eigenvalue weighted by molar-refractivity contribution is 0.0196. The number of carbonyl (C=O) groups is 1. The van der Waals surface area contributed by atoms with Crippen molar-refractivity contribution in [3.63, 3.8) is 0 Å². The Labute approximate surface area is 93.2 Å². The Balaban J connectivity index is 2.56. The number of alkyl halides is 2. The Morgan fingerprint density at radius 3 is 2.56 bits per heavy atom.